The zero-order valence-corrected chi connectivity index (χ0v) is 9.21. The number of rotatable bonds is 2. The minimum atomic E-state index is -1.06. The first-order chi connectivity index (χ1) is 7.63. The van der Waals surface area contributed by atoms with Gasteiger partial charge in [-0.1, -0.05) is 23.7 Å². The van der Waals surface area contributed by atoms with Gasteiger partial charge in [0.25, 0.3) is 0 Å². The monoisotopic (exact) mass is 244 g/mol. The Balaban J connectivity index is 2.19. The molecule has 1 saturated heterocycles. The highest BCUT2D eigenvalue weighted by atomic mass is 35.5. The van der Waals surface area contributed by atoms with Crippen molar-refractivity contribution >= 4 is 11.6 Å². The highest BCUT2D eigenvalue weighted by Crippen LogP contribution is 2.33. The summed E-state index contributed by atoms with van der Waals surface area (Å²) in [6.45, 7) is -0.317. The fourth-order valence-electron chi connectivity index (χ4n) is 1.83. The second kappa shape index (κ2) is 4.69. The molecular formula is C11H13ClO4. The molecule has 5 heteroatoms. The van der Waals surface area contributed by atoms with E-state index in [4.69, 9.17) is 21.4 Å². The fourth-order valence-corrected chi connectivity index (χ4v) is 1.95. The number of halogens is 1. The Hall–Kier alpha value is -0.650. The molecule has 1 aromatic rings. The maximum atomic E-state index is 9.76. The molecule has 1 aliphatic heterocycles. The van der Waals surface area contributed by atoms with E-state index >= 15 is 0 Å². The zero-order valence-electron chi connectivity index (χ0n) is 8.45. The van der Waals surface area contributed by atoms with E-state index in [1.807, 2.05) is 0 Å². The van der Waals surface area contributed by atoms with E-state index in [0.29, 0.717) is 5.02 Å². The van der Waals surface area contributed by atoms with Crippen molar-refractivity contribution in [2.24, 2.45) is 0 Å². The van der Waals surface area contributed by atoms with Crippen LogP contribution >= 0.6 is 11.6 Å². The summed E-state index contributed by atoms with van der Waals surface area (Å²) < 4.78 is 5.37. The highest BCUT2D eigenvalue weighted by molar-refractivity contribution is 6.30. The van der Waals surface area contributed by atoms with Gasteiger partial charge < -0.3 is 20.1 Å². The predicted molar refractivity (Wildman–Crippen MR) is 58.2 cm³/mol. The van der Waals surface area contributed by atoms with Gasteiger partial charge in [0.15, 0.2) is 0 Å². The van der Waals surface area contributed by atoms with Crippen LogP contribution in [0.2, 0.25) is 5.02 Å². The smallest absolute Gasteiger partial charge is 0.113 e. The molecule has 0 aromatic heterocycles. The van der Waals surface area contributed by atoms with Gasteiger partial charge in [0.05, 0.1) is 6.61 Å². The molecule has 16 heavy (non-hydrogen) atoms. The Morgan fingerprint density at radius 3 is 2.25 bits per heavy atom. The molecular weight excluding hydrogens is 232 g/mol. The summed E-state index contributed by atoms with van der Waals surface area (Å²) in [6, 6.07) is 6.82. The summed E-state index contributed by atoms with van der Waals surface area (Å²) in [5, 5.41) is 28.9. The van der Waals surface area contributed by atoms with Crippen molar-refractivity contribution in [3.8, 4) is 0 Å². The Morgan fingerprint density at radius 1 is 1.12 bits per heavy atom. The Morgan fingerprint density at radius 2 is 1.75 bits per heavy atom. The van der Waals surface area contributed by atoms with Crippen LogP contribution in [-0.2, 0) is 4.74 Å². The van der Waals surface area contributed by atoms with Crippen LogP contribution in [0.3, 0.4) is 0 Å². The summed E-state index contributed by atoms with van der Waals surface area (Å²) in [4.78, 5) is 0. The summed E-state index contributed by atoms with van der Waals surface area (Å²) in [7, 11) is 0. The largest absolute Gasteiger partial charge is 0.394 e. The van der Waals surface area contributed by atoms with Crippen LogP contribution in [0.1, 0.15) is 11.7 Å². The first kappa shape index (κ1) is 11.8. The molecule has 0 amide bonds. The average Bonchev–Trinajstić information content (AvgIpc) is 2.57. The lowest BCUT2D eigenvalue weighted by Gasteiger charge is -2.14. The van der Waals surface area contributed by atoms with Gasteiger partial charge in [-0.25, -0.2) is 0 Å². The maximum absolute atomic E-state index is 9.76. The zero-order chi connectivity index (χ0) is 11.7. The van der Waals surface area contributed by atoms with Crippen molar-refractivity contribution < 1.29 is 20.1 Å². The molecule has 2 rings (SSSR count). The first-order valence-corrected chi connectivity index (χ1v) is 5.39. The number of hydrogen-bond donors (Lipinski definition) is 3. The molecule has 1 heterocycles. The molecule has 0 saturated carbocycles. The van der Waals surface area contributed by atoms with Crippen molar-refractivity contribution in [3.63, 3.8) is 0 Å². The lowest BCUT2D eigenvalue weighted by atomic mass is 10.0. The van der Waals surface area contributed by atoms with E-state index in [1.54, 1.807) is 24.3 Å². The molecule has 0 aliphatic carbocycles. The van der Waals surface area contributed by atoms with Crippen LogP contribution in [0, 0.1) is 0 Å². The Labute approximate surface area is 98.0 Å². The third-order valence-electron chi connectivity index (χ3n) is 2.74. The number of aliphatic hydroxyl groups excluding tert-OH is 3. The Bertz CT molecular complexity index is 354. The molecule has 88 valence electrons. The minimum absolute atomic E-state index is 0.317. The van der Waals surface area contributed by atoms with Gasteiger partial charge in [-0.3, -0.25) is 0 Å². The van der Waals surface area contributed by atoms with E-state index in [0.717, 1.165) is 5.56 Å². The third kappa shape index (κ3) is 2.07. The number of benzene rings is 1. The molecule has 1 aromatic carbocycles. The molecule has 4 atom stereocenters. The van der Waals surface area contributed by atoms with E-state index in [-0.39, 0.29) is 6.61 Å². The van der Waals surface area contributed by atoms with Crippen LogP contribution < -0.4 is 0 Å². The third-order valence-corrected chi connectivity index (χ3v) is 2.99. The van der Waals surface area contributed by atoms with Gasteiger partial charge in [-0.05, 0) is 17.7 Å². The van der Waals surface area contributed by atoms with Gasteiger partial charge >= 0.3 is 0 Å². The molecule has 1 aliphatic rings. The number of ether oxygens (including phenoxy) is 1. The molecule has 4 nitrogen and oxygen atoms in total. The van der Waals surface area contributed by atoms with Crippen molar-refractivity contribution in [1.29, 1.82) is 0 Å². The van der Waals surface area contributed by atoms with Crippen LogP contribution in [0.25, 0.3) is 0 Å². The van der Waals surface area contributed by atoms with Gasteiger partial charge in [0.1, 0.15) is 24.4 Å². The van der Waals surface area contributed by atoms with Crippen LogP contribution in [-0.4, -0.2) is 40.2 Å². The van der Waals surface area contributed by atoms with Gasteiger partial charge in [0.2, 0.25) is 0 Å². The van der Waals surface area contributed by atoms with Crippen LogP contribution in [0.4, 0.5) is 0 Å². The van der Waals surface area contributed by atoms with Crippen LogP contribution in [0.15, 0.2) is 24.3 Å². The second-order valence-corrected chi connectivity index (χ2v) is 4.25. The molecule has 0 spiro atoms. The summed E-state index contributed by atoms with van der Waals surface area (Å²) in [6.07, 6.45) is -3.45. The summed E-state index contributed by atoms with van der Waals surface area (Å²) in [5.74, 6) is 0. The lowest BCUT2D eigenvalue weighted by Crippen LogP contribution is -2.32. The molecule has 0 unspecified atom stereocenters. The SMILES string of the molecule is OC[C@H]1O[C@@H](c2ccc(Cl)cc2)[C@H](O)[C@@H]1O. The molecule has 0 radical (unpaired) electrons. The normalized spacial score (nSPS) is 34.2. The first-order valence-electron chi connectivity index (χ1n) is 5.01. The number of aliphatic hydroxyl groups is 3. The summed E-state index contributed by atoms with van der Waals surface area (Å²) in [5.41, 5.74) is 0.729. The molecule has 3 N–H and O–H groups in total. The van der Waals surface area contributed by atoms with Crippen molar-refractivity contribution in [3.05, 3.63) is 34.9 Å². The quantitative estimate of drug-likeness (QED) is 0.708. The number of hydrogen-bond acceptors (Lipinski definition) is 4. The van der Waals surface area contributed by atoms with Gasteiger partial charge in [-0.15, -0.1) is 0 Å². The Kier molecular flexibility index (Phi) is 3.47. The van der Waals surface area contributed by atoms with E-state index < -0.39 is 24.4 Å². The predicted octanol–water partition coefficient (Wildman–Crippen LogP) is 0.494. The fraction of sp³-hybridized carbons (Fsp3) is 0.455. The van der Waals surface area contributed by atoms with Gasteiger partial charge in [0, 0.05) is 5.02 Å². The summed E-state index contributed by atoms with van der Waals surface area (Å²) >= 11 is 5.75. The molecule has 1 fully saturated rings. The van der Waals surface area contributed by atoms with Crippen molar-refractivity contribution in [2.75, 3.05) is 6.61 Å². The van der Waals surface area contributed by atoms with E-state index in [1.165, 1.54) is 0 Å². The highest BCUT2D eigenvalue weighted by Gasteiger charge is 2.42. The van der Waals surface area contributed by atoms with E-state index in [9.17, 15) is 10.2 Å². The molecule has 0 bridgehead atoms. The lowest BCUT2D eigenvalue weighted by molar-refractivity contribution is -0.0227. The van der Waals surface area contributed by atoms with Crippen LogP contribution in [0.5, 0.6) is 0 Å². The van der Waals surface area contributed by atoms with Gasteiger partial charge in [-0.2, -0.15) is 0 Å². The standard InChI is InChI=1S/C11H13ClO4/c12-7-3-1-6(2-4-7)11-10(15)9(14)8(5-13)16-11/h1-4,8-11,13-15H,5H2/t8-,9-,10-,11+/m1/s1. The topological polar surface area (TPSA) is 69.9 Å². The van der Waals surface area contributed by atoms with E-state index in [2.05, 4.69) is 0 Å². The maximum Gasteiger partial charge on any atom is 0.113 e. The average molecular weight is 245 g/mol. The van der Waals surface area contributed by atoms with Crippen molar-refractivity contribution in [1.82, 2.24) is 0 Å². The minimum Gasteiger partial charge on any atom is -0.394 e. The van der Waals surface area contributed by atoms with Crippen molar-refractivity contribution in [2.45, 2.75) is 24.4 Å². The second-order valence-electron chi connectivity index (χ2n) is 3.81.